The minimum absolute atomic E-state index is 0.565. The number of nitrogens with zero attached hydrogens (tertiary/aromatic N) is 4. The molecular weight excluding hydrogens is 142 g/mol. The van der Waals surface area contributed by atoms with Crippen LogP contribution in [-0.2, 0) is 7.05 Å². The first-order valence-electron chi connectivity index (χ1n) is 3.18. The molecule has 0 saturated carbocycles. The largest absolute Gasteiger partial charge is 0.396 e. The smallest absolute Gasteiger partial charge is 0.139 e. The van der Waals surface area contributed by atoms with Crippen LogP contribution < -0.4 is 5.73 Å². The van der Waals surface area contributed by atoms with Crippen molar-refractivity contribution in [2.45, 2.75) is 0 Å². The van der Waals surface area contributed by atoms with Crippen LogP contribution in [0.2, 0.25) is 0 Å². The summed E-state index contributed by atoms with van der Waals surface area (Å²) in [5, 5.41) is 7.67. The highest BCUT2D eigenvalue weighted by atomic mass is 15.4. The fourth-order valence-electron chi connectivity index (χ4n) is 0.964. The van der Waals surface area contributed by atoms with E-state index in [2.05, 4.69) is 15.3 Å². The van der Waals surface area contributed by atoms with Gasteiger partial charge in [-0.2, -0.15) is 0 Å². The molecule has 0 unspecified atom stereocenters. The number of fused-ring (bicyclic) bond motifs is 1. The third-order valence-corrected chi connectivity index (χ3v) is 1.55. The zero-order chi connectivity index (χ0) is 7.84. The number of pyridine rings is 1. The van der Waals surface area contributed by atoms with E-state index in [0.29, 0.717) is 11.2 Å². The Kier molecular flexibility index (Phi) is 1.06. The molecule has 2 rings (SSSR count). The lowest BCUT2D eigenvalue weighted by Crippen LogP contribution is -1.91. The molecule has 2 N–H and O–H groups in total. The van der Waals surface area contributed by atoms with Crippen LogP contribution in [0.5, 0.6) is 0 Å². The van der Waals surface area contributed by atoms with E-state index in [4.69, 9.17) is 5.73 Å². The topological polar surface area (TPSA) is 69.6 Å². The van der Waals surface area contributed by atoms with Crippen LogP contribution >= 0.6 is 0 Å². The monoisotopic (exact) mass is 149 g/mol. The van der Waals surface area contributed by atoms with E-state index in [0.717, 1.165) is 5.52 Å². The quantitative estimate of drug-likeness (QED) is 0.570. The van der Waals surface area contributed by atoms with E-state index < -0.39 is 0 Å². The van der Waals surface area contributed by atoms with Crippen molar-refractivity contribution in [3.8, 4) is 0 Å². The predicted octanol–water partition coefficient (Wildman–Crippen LogP) is -0.0545. The SMILES string of the molecule is Cn1nnc2c(N)cncc21. The van der Waals surface area contributed by atoms with Crippen LogP contribution in [0.3, 0.4) is 0 Å². The summed E-state index contributed by atoms with van der Waals surface area (Å²) in [6.45, 7) is 0. The van der Waals surface area contributed by atoms with E-state index >= 15 is 0 Å². The number of nitrogen functional groups attached to an aromatic ring is 1. The molecule has 0 radical (unpaired) electrons. The van der Waals surface area contributed by atoms with E-state index in [9.17, 15) is 0 Å². The Labute approximate surface area is 62.8 Å². The van der Waals surface area contributed by atoms with Gasteiger partial charge in [0, 0.05) is 7.05 Å². The van der Waals surface area contributed by atoms with E-state index in [1.807, 2.05) is 0 Å². The van der Waals surface area contributed by atoms with Crippen LogP contribution in [0.1, 0.15) is 0 Å². The molecule has 0 aliphatic carbocycles. The molecule has 0 bridgehead atoms. The number of nitrogens with two attached hydrogens (primary N) is 1. The summed E-state index contributed by atoms with van der Waals surface area (Å²) in [4.78, 5) is 3.92. The number of rotatable bonds is 0. The van der Waals surface area contributed by atoms with Gasteiger partial charge in [0.25, 0.3) is 0 Å². The first-order valence-corrected chi connectivity index (χ1v) is 3.18. The van der Waals surface area contributed by atoms with Crippen LogP contribution in [0.4, 0.5) is 5.69 Å². The normalized spacial score (nSPS) is 10.6. The predicted molar refractivity (Wildman–Crippen MR) is 40.7 cm³/mol. The molecule has 2 heterocycles. The molecule has 56 valence electrons. The third-order valence-electron chi connectivity index (χ3n) is 1.55. The second kappa shape index (κ2) is 1.91. The van der Waals surface area contributed by atoms with Gasteiger partial charge < -0.3 is 5.73 Å². The van der Waals surface area contributed by atoms with Crippen molar-refractivity contribution in [1.29, 1.82) is 0 Å². The first-order chi connectivity index (χ1) is 5.29. The highest BCUT2D eigenvalue weighted by Gasteiger charge is 2.02. The number of hydrogen-bond donors (Lipinski definition) is 1. The zero-order valence-corrected chi connectivity index (χ0v) is 6.02. The fourth-order valence-corrected chi connectivity index (χ4v) is 0.964. The molecule has 0 spiro atoms. The number of anilines is 1. The van der Waals surface area contributed by atoms with Gasteiger partial charge in [0.15, 0.2) is 0 Å². The van der Waals surface area contributed by atoms with Gasteiger partial charge in [0.05, 0.1) is 18.1 Å². The Morgan fingerprint density at radius 2 is 2.27 bits per heavy atom. The molecule has 5 nitrogen and oxygen atoms in total. The van der Waals surface area contributed by atoms with Crippen LogP contribution in [-0.4, -0.2) is 20.0 Å². The zero-order valence-electron chi connectivity index (χ0n) is 6.02. The molecule has 2 aromatic rings. The average Bonchev–Trinajstić information content (AvgIpc) is 2.35. The second-order valence-electron chi connectivity index (χ2n) is 2.31. The Bertz CT molecular complexity index is 391. The first kappa shape index (κ1) is 6.09. The van der Waals surface area contributed by atoms with E-state index in [1.165, 1.54) is 0 Å². The summed E-state index contributed by atoms with van der Waals surface area (Å²) in [6.07, 6.45) is 3.25. The van der Waals surface area contributed by atoms with Crippen LogP contribution in [0.25, 0.3) is 11.0 Å². The summed E-state index contributed by atoms with van der Waals surface area (Å²) in [5.74, 6) is 0. The number of aromatic nitrogens is 4. The highest BCUT2D eigenvalue weighted by Crippen LogP contribution is 2.13. The van der Waals surface area contributed by atoms with Crippen molar-refractivity contribution in [3.63, 3.8) is 0 Å². The third kappa shape index (κ3) is 0.739. The summed E-state index contributed by atoms with van der Waals surface area (Å²) in [7, 11) is 1.80. The molecule has 0 fully saturated rings. The van der Waals surface area contributed by atoms with Crippen molar-refractivity contribution < 1.29 is 0 Å². The van der Waals surface area contributed by atoms with Crippen molar-refractivity contribution >= 4 is 16.7 Å². The van der Waals surface area contributed by atoms with Crippen LogP contribution in [0, 0.1) is 0 Å². The summed E-state index contributed by atoms with van der Waals surface area (Å²) < 4.78 is 1.64. The summed E-state index contributed by atoms with van der Waals surface area (Å²) >= 11 is 0. The molecular formula is C6H7N5. The van der Waals surface area contributed by atoms with Gasteiger partial charge in [-0.15, -0.1) is 5.10 Å². The Morgan fingerprint density at radius 3 is 3.00 bits per heavy atom. The minimum atomic E-state index is 0.565. The standard InChI is InChI=1S/C6H7N5/c1-11-5-3-8-2-4(7)6(5)9-10-11/h2-3H,7H2,1H3. The molecule has 0 saturated heterocycles. The molecule has 11 heavy (non-hydrogen) atoms. The Morgan fingerprint density at radius 1 is 1.45 bits per heavy atom. The van der Waals surface area contributed by atoms with E-state index in [-0.39, 0.29) is 0 Å². The van der Waals surface area contributed by atoms with Gasteiger partial charge in [-0.25, -0.2) is 4.68 Å². The van der Waals surface area contributed by atoms with Gasteiger partial charge >= 0.3 is 0 Å². The van der Waals surface area contributed by atoms with Crippen molar-refractivity contribution in [1.82, 2.24) is 20.0 Å². The van der Waals surface area contributed by atoms with E-state index in [1.54, 1.807) is 24.1 Å². The maximum absolute atomic E-state index is 5.59. The highest BCUT2D eigenvalue weighted by molar-refractivity contribution is 5.84. The molecule has 5 heteroatoms. The maximum Gasteiger partial charge on any atom is 0.139 e. The van der Waals surface area contributed by atoms with Crippen molar-refractivity contribution in [3.05, 3.63) is 12.4 Å². The Balaban J connectivity index is 2.94. The van der Waals surface area contributed by atoms with Gasteiger partial charge in [0.2, 0.25) is 0 Å². The lowest BCUT2D eigenvalue weighted by Gasteiger charge is -1.91. The molecule has 0 aliphatic heterocycles. The van der Waals surface area contributed by atoms with Gasteiger partial charge in [-0.05, 0) is 0 Å². The number of hydrogen-bond acceptors (Lipinski definition) is 4. The Hall–Kier alpha value is -1.65. The summed E-state index contributed by atoms with van der Waals surface area (Å²) in [5.41, 5.74) is 7.72. The van der Waals surface area contributed by atoms with Crippen LogP contribution in [0.15, 0.2) is 12.4 Å². The molecule has 0 aromatic carbocycles. The fraction of sp³-hybridized carbons (Fsp3) is 0.167. The molecule has 0 amide bonds. The molecule has 2 aromatic heterocycles. The second-order valence-corrected chi connectivity index (χ2v) is 2.31. The summed E-state index contributed by atoms with van der Waals surface area (Å²) in [6, 6.07) is 0. The number of aryl methyl sites for hydroxylation is 1. The molecule has 0 atom stereocenters. The van der Waals surface area contributed by atoms with Crippen molar-refractivity contribution in [2.24, 2.45) is 7.05 Å². The van der Waals surface area contributed by atoms with Gasteiger partial charge in [-0.1, -0.05) is 5.21 Å². The minimum Gasteiger partial charge on any atom is -0.396 e. The average molecular weight is 149 g/mol. The maximum atomic E-state index is 5.59. The van der Waals surface area contributed by atoms with Gasteiger partial charge in [-0.3, -0.25) is 4.98 Å². The lowest BCUT2D eigenvalue weighted by molar-refractivity contribution is 0.736. The van der Waals surface area contributed by atoms with Gasteiger partial charge in [0.1, 0.15) is 11.0 Å². The lowest BCUT2D eigenvalue weighted by atomic mass is 10.4. The van der Waals surface area contributed by atoms with Crippen molar-refractivity contribution in [2.75, 3.05) is 5.73 Å². The molecule has 0 aliphatic rings.